The van der Waals surface area contributed by atoms with Crippen molar-refractivity contribution in [2.75, 3.05) is 0 Å². The minimum atomic E-state index is -0.0774. The second-order valence-corrected chi connectivity index (χ2v) is 3.37. The van der Waals surface area contributed by atoms with E-state index in [0.717, 1.165) is 24.0 Å². The molecule has 2 heteroatoms. The molecule has 2 N–H and O–H groups in total. The summed E-state index contributed by atoms with van der Waals surface area (Å²) in [7, 11) is 0. The fourth-order valence-corrected chi connectivity index (χ4v) is 1.26. The third-order valence-electron chi connectivity index (χ3n) is 2.36. The van der Waals surface area contributed by atoms with E-state index in [-0.39, 0.29) is 5.54 Å². The molecule has 0 bridgehead atoms. The van der Waals surface area contributed by atoms with Crippen molar-refractivity contribution in [3.63, 3.8) is 0 Å². The molecule has 1 aromatic heterocycles. The largest absolute Gasteiger partial charge is 0.321 e. The average Bonchev–Trinajstić information content (AvgIpc) is 2.85. The highest BCUT2D eigenvalue weighted by Gasteiger charge is 2.40. The highest BCUT2D eigenvalue weighted by Crippen LogP contribution is 2.42. The summed E-state index contributed by atoms with van der Waals surface area (Å²) in [5, 5.41) is 0. The van der Waals surface area contributed by atoms with Gasteiger partial charge in [0.05, 0.1) is 0 Å². The summed E-state index contributed by atoms with van der Waals surface area (Å²) in [5.41, 5.74) is 8.12. The molecule has 0 aromatic carbocycles. The number of nitrogens with two attached hydrogens (primary N) is 1. The minimum absolute atomic E-state index is 0.0774. The zero-order valence-corrected chi connectivity index (χ0v) is 6.96. The van der Waals surface area contributed by atoms with Crippen LogP contribution in [0.5, 0.6) is 0 Å². The summed E-state index contributed by atoms with van der Waals surface area (Å²) in [5.74, 6) is 0. The van der Waals surface area contributed by atoms with Gasteiger partial charge in [-0.25, -0.2) is 0 Å². The predicted molar refractivity (Wildman–Crippen MR) is 49.4 cm³/mol. The van der Waals surface area contributed by atoms with E-state index in [9.17, 15) is 0 Å². The fraction of sp³-hybridized carbons (Fsp3) is 0.300. The molecule has 1 aliphatic rings. The van der Waals surface area contributed by atoms with Gasteiger partial charge in [0.2, 0.25) is 0 Å². The van der Waals surface area contributed by atoms with E-state index in [1.54, 1.807) is 12.3 Å². The minimum Gasteiger partial charge on any atom is -0.321 e. The molecular formula is C10H12N2. The first kappa shape index (κ1) is 7.50. The number of pyridine rings is 1. The lowest BCUT2D eigenvalue weighted by atomic mass is 10.1. The highest BCUT2D eigenvalue weighted by molar-refractivity contribution is 5.47. The second kappa shape index (κ2) is 2.42. The maximum Gasteiger partial charge on any atom is 0.0426 e. The van der Waals surface area contributed by atoms with E-state index in [0.29, 0.717) is 0 Å². The highest BCUT2D eigenvalue weighted by atomic mass is 14.8. The van der Waals surface area contributed by atoms with Crippen LogP contribution in [0.15, 0.2) is 25.0 Å². The molecule has 0 amide bonds. The van der Waals surface area contributed by atoms with Crippen molar-refractivity contribution in [3.8, 4) is 0 Å². The maximum atomic E-state index is 6.02. The SMILES string of the molecule is C=Cc1cncc(C2(N)CC2)c1. The quantitative estimate of drug-likeness (QED) is 0.714. The Bertz CT molecular complexity index is 313. The molecule has 0 unspecified atom stereocenters. The summed E-state index contributed by atoms with van der Waals surface area (Å²) < 4.78 is 0. The lowest BCUT2D eigenvalue weighted by Crippen LogP contribution is -2.18. The first-order valence-corrected chi connectivity index (χ1v) is 4.11. The number of hydrogen-bond acceptors (Lipinski definition) is 2. The topological polar surface area (TPSA) is 38.9 Å². The van der Waals surface area contributed by atoms with Gasteiger partial charge >= 0.3 is 0 Å². The molecule has 2 rings (SSSR count). The maximum absolute atomic E-state index is 6.02. The Morgan fingerprint density at radius 3 is 2.83 bits per heavy atom. The molecule has 62 valence electrons. The van der Waals surface area contributed by atoms with Gasteiger partial charge in [-0.1, -0.05) is 12.7 Å². The van der Waals surface area contributed by atoms with Crippen molar-refractivity contribution >= 4 is 6.08 Å². The van der Waals surface area contributed by atoms with Gasteiger partial charge in [0.25, 0.3) is 0 Å². The molecule has 0 aliphatic heterocycles. The number of nitrogens with zero attached hydrogens (tertiary/aromatic N) is 1. The van der Waals surface area contributed by atoms with Gasteiger partial charge in [0.1, 0.15) is 0 Å². The van der Waals surface area contributed by atoms with Crippen LogP contribution in [-0.4, -0.2) is 4.98 Å². The molecule has 12 heavy (non-hydrogen) atoms. The average molecular weight is 160 g/mol. The van der Waals surface area contributed by atoms with Gasteiger partial charge in [0, 0.05) is 17.9 Å². The Balaban J connectivity index is 2.38. The predicted octanol–water partition coefficient (Wildman–Crippen LogP) is 1.67. The molecule has 1 heterocycles. The Morgan fingerprint density at radius 2 is 2.25 bits per heavy atom. The monoisotopic (exact) mass is 160 g/mol. The van der Waals surface area contributed by atoms with Crippen molar-refractivity contribution < 1.29 is 0 Å². The van der Waals surface area contributed by atoms with Gasteiger partial charge in [-0.2, -0.15) is 0 Å². The van der Waals surface area contributed by atoms with E-state index in [1.165, 1.54) is 0 Å². The Kier molecular flexibility index (Phi) is 1.51. The third kappa shape index (κ3) is 1.14. The van der Waals surface area contributed by atoms with Gasteiger partial charge < -0.3 is 5.73 Å². The van der Waals surface area contributed by atoms with Crippen molar-refractivity contribution in [2.24, 2.45) is 5.73 Å². The summed E-state index contributed by atoms with van der Waals surface area (Å²) in [4.78, 5) is 4.11. The lowest BCUT2D eigenvalue weighted by molar-refractivity contribution is 0.734. The molecule has 1 aliphatic carbocycles. The van der Waals surface area contributed by atoms with E-state index in [2.05, 4.69) is 17.6 Å². The van der Waals surface area contributed by atoms with Crippen molar-refractivity contribution in [2.45, 2.75) is 18.4 Å². The Labute approximate surface area is 72.1 Å². The van der Waals surface area contributed by atoms with Gasteiger partial charge in [0.15, 0.2) is 0 Å². The number of aromatic nitrogens is 1. The Hall–Kier alpha value is -1.15. The number of hydrogen-bond donors (Lipinski definition) is 1. The van der Waals surface area contributed by atoms with Crippen LogP contribution in [0.3, 0.4) is 0 Å². The first-order valence-electron chi connectivity index (χ1n) is 4.11. The lowest BCUT2D eigenvalue weighted by Gasteiger charge is -2.08. The first-order chi connectivity index (χ1) is 5.74. The van der Waals surface area contributed by atoms with Gasteiger partial charge in [-0.05, 0) is 30.0 Å². The van der Waals surface area contributed by atoms with Crippen molar-refractivity contribution in [3.05, 3.63) is 36.2 Å². The molecule has 0 saturated heterocycles. The second-order valence-electron chi connectivity index (χ2n) is 3.37. The molecule has 1 saturated carbocycles. The summed E-state index contributed by atoms with van der Waals surface area (Å²) >= 11 is 0. The van der Waals surface area contributed by atoms with Crippen LogP contribution in [0.4, 0.5) is 0 Å². The molecule has 0 radical (unpaired) electrons. The molecule has 2 nitrogen and oxygen atoms in total. The zero-order chi connectivity index (χ0) is 8.60. The van der Waals surface area contributed by atoms with Crippen LogP contribution in [-0.2, 0) is 5.54 Å². The third-order valence-corrected chi connectivity index (χ3v) is 2.36. The number of rotatable bonds is 2. The standard InChI is InChI=1S/C10H12N2/c1-2-8-5-9(7-12-6-8)10(11)3-4-10/h2,5-7H,1,3-4,11H2. The van der Waals surface area contributed by atoms with Crippen LogP contribution in [0.2, 0.25) is 0 Å². The molecule has 0 atom stereocenters. The molecule has 0 spiro atoms. The van der Waals surface area contributed by atoms with Crippen LogP contribution in [0, 0.1) is 0 Å². The summed E-state index contributed by atoms with van der Waals surface area (Å²) in [6, 6.07) is 2.06. The van der Waals surface area contributed by atoms with Gasteiger partial charge in [-0.3, -0.25) is 4.98 Å². The fourth-order valence-electron chi connectivity index (χ4n) is 1.26. The summed E-state index contributed by atoms with van der Waals surface area (Å²) in [6.07, 6.45) is 7.59. The van der Waals surface area contributed by atoms with Crippen LogP contribution in [0.25, 0.3) is 6.08 Å². The van der Waals surface area contributed by atoms with Crippen molar-refractivity contribution in [1.82, 2.24) is 4.98 Å². The van der Waals surface area contributed by atoms with E-state index in [1.807, 2.05) is 6.20 Å². The van der Waals surface area contributed by atoms with Crippen LogP contribution < -0.4 is 5.73 Å². The van der Waals surface area contributed by atoms with Crippen LogP contribution >= 0.6 is 0 Å². The smallest absolute Gasteiger partial charge is 0.0426 e. The summed E-state index contributed by atoms with van der Waals surface area (Å²) in [6.45, 7) is 3.69. The Morgan fingerprint density at radius 1 is 1.50 bits per heavy atom. The normalized spacial score (nSPS) is 18.8. The van der Waals surface area contributed by atoms with Crippen LogP contribution in [0.1, 0.15) is 24.0 Å². The van der Waals surface area contributed by atoms with E-state index >= 15 is 0 Å². The van der Waals surface area contributed by atoms with Gasteiger partial charge in [-0.15, -0.1) is 0 Å². The van der Waals surface area contributed by atoms with E-state index in [4.69, 9.17) is 5.73 Å². The zero-order valence-electron chi connectivity index (χ0n) is 6.96. The molecule has 1 fully saturated rings. The molecule has 1 aromatic rings. The van der Waals surface area contributed by atoms with E-state index < -0.39 is 0 Å². The molecular weight excluding hydrogens is 148 g/mol. The van der Waals surface area contributed by atoms with Crippen molar-refractivity contribution in [1.29, 1.82) is 0 Å².